The Morgan fingerprint density at radius 1 is 1.24 bits per heavy atom. The van der Waals surface area contributed by atoms with E-state index in [1.807, 2.05) is 57.2 Å². The quantitative estimate of drug-likeness (QED) is 0.237. The summed E-state index contributed by atoms with van der Waals surface area (Å²) in [4.78, 5) is 16.5. The first-order valence-corrected chi connectivity index (χ1v) is 9.84. The molecule has 10 heteroatoms. The Kier molecular flexibility index (Phi) is 6.45. The van der Waals surface area contributed by atoms with Gasteiger partial charge in [0.2, 0.25) is 11.1 Å². The number of nitrogen functional groups attached to an aromatic ring is 1. The zero-order valence-corrected chi connectivity index (χ0v) is 17.2. The van der Waals surface area contributed by atoms with Crippen molar-refractivity contribution in [3.8, 4) is 0 Å². The van der Waals surface area contributed by atoms with Crippen LogP contribution >= 0.6 is 11.8 Å². The number of carbonyl (C=O) groups is 1. The summed E-state index contributed by atoms with van der Waals surface area (Å²) < 4.78 is 1.26. The van der Waals surface area contributed by atoms with Crippen LogP contribution < -0.4 is 16.6 Å². The van der Waals surface area contributed by atoms with Crippen LogP contribution in [0.2, 0.25) is 0 Å². The number of nitrogens with two attached hydrogens (primary N) is 1. The van der Waals surface area contributed by atoms with Crippen molar-refractivity contribution in [1.82, 2.24) is 19.9 Å². The molecule has 0 aliphatic rings. The highest BCUT2D eigenvalue weighted by atomic mass is 32.2. The van der Waals surface area contributed by atoms with Gasteiger partial charge in [-0.1, -0.05) is 30.0 Å². The molecule has 1 aromatic carbocycles. The Bertz CT molecular complexity index is 1030. The van der Waals surface area contributed by atoms with E-state index in [-0.39, 0.29) is 17.6 Å². The van der Waals surface area contributed by atoms with E-state index < -0.39 is 0 Å². The minimum Gasteiger partial charge on any atom is -0.334 e. The van der Waals surface area contributed by atoms with Crippen LogP contribution in [-0.2, 0) is 4.79 Å². The molecule has 0 spiro atoms. The Labute approximate surface area is 172 Å². The summed E-state index contributed by atoms with van der Waals surface area (Å²) in [5, 5.41) is 15.5. The van der Waals surface area contributed by atoms with Crippen molar-refractivity contribution in [3.05, 3.63) is 59.4 Å². The second-order valence-corrected chi connectivity index (χ2v) is 7.30. The van der Waals surface area contributed by atoms with Crippen LogP contribution in [0.15, 0.2) is 52.9 Å². The maximum absolute atomic E-state index is 12.3. The molecule has 0 radical (unpaired) electrons. The van der Waals surface area contributed by atoms with Gasteiger partial charge in [0.25, 0.3) is 5.95 Å². The highest BCUT2D eigenvalue weighted by Crippen LogP contribution is 2.19. The number of pyridine rings is 1. The molecule has 150 valence electrons. The maximum atomic E-state index is 12.3. The molecule has 0 bridgehead atoms. The molecule has 2 heterocycles. The predicted octanol–water partition coefficient (Wildman–Crippen LogP) is 2.57. The molecule has 3 rings (SSSR count). The average molecular weight is 411 g/mol. The molecule has 2 aromatic heterocycles. The Morgan fingerprint density at radius 2 is 2.07 bits per heavy atom. The standard InChI is InChI=1S/C19H22N8OS/c1-12-7-8-13(2)16(10-12)22-17(28)11-29-19-26-25-18(27(19)20)24-23-14(3)15-6-4-5-9-21-15/h4-10H,11,20H2,1-3H3,(H,22,28)(H,24,25)/b23-14+. The molecular weight excluding hydrogens is 388 g/mol. The van der Waals surface area contributed by atoms with Crippen molar-refractivity contribution in [2.75, 3.05) is 22.3 Å². The molecule has 3 aromatic rings. The number of aryl methyl sites for hydroxylation is 2. The molecule has 0 fully saturated rings. The number of aromatic nitrogens is 4. The van der Waals surface area contributed by atoms with Crippen molar-refractivity contribution in [3.63, 3.8) is 0 Å². The number of carbonyl (C=O) groups excluding carboxylic acids is 1. The van der Waals surface area contributed by atoms with Crippen LogP contribution in [0.5, 0.6) is 0 Å². The van der Waals surface area contributed by atoms with Crippen molar-refractivity contribution >= 4 is 35.0 Å². The minimum absolute atomic E-state index is 0.148. The maximum Gasteiger partial charge on any atom is 0.264 e. The SMILES string of the molecule is C/C(=N\Nc1nnc(SCC(=O)Nc2cc(C)ccc2C)n1N)c1ccccn1. The lowest BCUT2D eigenvalue weighted by Gasteiger charge is -2.09. The molecule has 0 saturated carbocycles. The Hall–Kier alpha value is -3.40. The van der Waals surface area contributed by atoms with Gasteiger partial charge in [0.1, 0.15) is 0 Å². The third-order valence-corrected chi connectivity index (χ3v) is 4.97. The molecule has 9 nitrogen and oxygen atoms in total. The number of hydrazone groups is 1. The molecule has 0 aliphatic heterocycles. The predicted molar refractivity (Wildman–Crippen MR) is 116 cm³/mol. The topological polar surface area (TPSA) is 123 Å². The number of thioether (sulfide) groups is 1. The van der Waals surface area contributed by atoms with Crippen molar-refractivity contribution in [2.45, 2.75) is 25.9 Å². The molecule has 1 amide bonds. The highest BCUT2D eigenvalue weighted by molar-refractivity contribution is 7.99. The van der Waals surface area contributed by atoms with Crippen LogP contribution in [0.3, 0.4) is 0 Å². The summed E-state index contributed by atoms with van der Waals surface area (Å²) in [6.45, 7) is 5.75. The fraction of sp³-hybridized carbons (Fsp3) is 0.211. The summed E-state index contributed by atoms with van der Waals surface area (Å²) in [5.41, 5.74) is 7.07. The Balaban J connectivity index is 1.58. The number of amides is 1. The lowest BCUT2D eigenvalue weighted by Crippen LogP contribution is -2.17. The monoisotopic (exact) mass is 410 g/mol. The van der Waals surface area contributed by atoms with Gasteiger partial charge < -0.3 is 11.2 Å². The Morgan fingerprint density at radius 3 is 2.83 bits per heavy atom. The van der Waals surface area contributed by atoms with Gasteiger partial charge in [0, 0.05) is 11.9 Å². The van der Waals surface area contributed by atoms with Crippen LogP contribution in [0.25, 0.3) is 0 Å². The molecular formula is C19H22N8OS. The first kappa shape index (κ1) is 20.3. The number of nitrogens with zero attached hydrogens (tertiary/aromatic N) is 5. The largest absolute Gasteiger partial charge is 0.334 e. The lowest BCUT2D eigenvalue weighted by atomic mass is 10.1. The molecule has 0 aliphatic carbocycles. The van der Waals surface area contributed by atoms with Gasteiger partial charge in [-0.2, -0.15) is 5.10 Å². The van der Waals surface area contributed by atoms with E-state index in [0.717, 1.165) is 22.5 Å². The first-order chi connectivity index (χ1) is 13.9. The zero-order valence-electron chi connectivity index (χ0n) is 16.4. The van der Waals surface area contributed by atoms with Crippen LogP contribution in [0.1, 0.15) is 23.7 Å². The molecule has 0 atom stereocenters. The van der Waals surface area contributed by atoms with Crippen LogP contribution in [-0.4, -0.2) is 37.2 Å². The number of benzene rings is 1. The van der Waals surface area contributed by atoms with Crippen LogP contribution in [0, 0.1) is 13.8 Å². The van der Waals surface area contributed by atoms with E-state index in [2.05, 4.69) is 31.0 Å². The van der Waals surface area contributed by atoms with Gasteiger partial charge in [-0.25, -0.2) is 10.1 Å². The second-order valence-electron chi connectivity index (χ2n) is 6.36. The summed E-state index contributed by atoms with van der Waals surface area (Å²) in [5.74, 6) is 6.27. The number of hydrogen-bond donors (Lipinski definition) is 3. The smallest absolute Gasteiger partial charge is 0.264 e. The molecule has 4 N–H and O–H groups in total. The normalized spacial score (nSPS) is 11.3. The van der Waals surface area contributed by atoms with E-state index in [1.165, 1.54) is 16.4 Å². The van der Waals surface area contributed by atoms with Crippen LogP contribution in [0.4, 0.5) is 11.6 Å². The summed E-state index contributed by atoms with van der Waals surface area (Å²) in [7, 11) is 0. The van der Waals surface area contributed by atoms with E-state index in [0.29, 0.717) is 10.9 Å². The van der Waals surface area contributed by atoms with Gasteiger partial charge in [-0.15, -0.1) is 10.2 Å². The van der Waals surface area contributed by atoms with E-state index >= 15 is 0 Å². The highest BCUT2D eigenvalue weighted by Gasteiger charge is 2.13. The minimum atomic E-state index is -0.148. The third kappa shape index (κ3) is 5.32. The lowest BCUT2D eigenvalue weighted by molar-refractivity contribution is -0.113. The van der Waals surface area contributed by atoms with Gasteiger partial charge >= 0.3 is 0 Å². The summed E-state index contributed by atoms with van der Waals surface area (Å²) >= 11 is 1.19. The van der Waals surface area contributed by atoms with Gasteiger partial charge in [-0.05, 0) is 50.1 Å². The van der Waals surface area contributed by atoms with Crippen molar-refractivity contribution < 1.29 is 4.79 Å². The second kappa shape index (κ2) is 9.20. The van der Waals surface area contributed by atoms with E-state index in [1.54, 1.807) is 6.20 Å². The number of nitrogens with one attached hydrogen (secondary N) is 2. The fourth-order valence-electron chi connectivity index (χ4n) is 2.41. The summed E-state index contributed by atoms with van der Waals surface area (Å²) in [6.07, 6.45) is 1.69. The van der Waals surface area contributed by atoms with E-state index in [4.69, 9.17) is 5.84 Å². The zero-order chi connectivity index (χ0) is 20.8. The fourth-order valence-corrected chi connectivity index (χ4v) is 3.06. The van der Waals surface area contributed by atoms with Crippen molar-refractivity contribution in [1.29, 1.82) is 0 Å². The third-order valence-electron chi connectivity index (χ3n) is 4.02. The van der Waals surface area contributed by atoms with E-state index in [9.17, 15) is 4.79 Å². The van der Waals surface area contributed by atoms with Gasteiger partial charge in [0.15, 0.2) is 0 Å². The number of hydrogen-bond acceptors (Lipinski definition) is 8. The molecule has 29 heavy (non-hydrogen) atoms. The van der Waals surface area contributed by atoms with Gasteiger partial charge in [0.05, 0.1) is 17.2 Å². The number of anilines is 2. The van der Waals surface area contributed by atoms with Gasteiger partial charge in [-0.3, -0.25) is 9.78 Å². The molecule has 0 saturated heterocycles. The molecule has 0 unspecified atom stereocenters. The first-order valence-electron chi connectivity index (χ1n) is 8.86. The average Bonchev–Trinajstić information content (AvgIpc) is 3.07. The number of rotatable bonds is 7. The van der Waals surface area contributed by atoms with Crippen molar-refractivity contribution in [2.24, 2.45) is 5.10 Å². The summed E-state index contributed by atoms with van der Waals surface area (Å²) in [6, 6.07) is 11.5.